The topological polar surface area (TPSA) is 83.1 Å². The van der Waals surface area contributed by atoms with Gasteiger partial charge in [-0.05, 0) is 126 Å². The maximum absolute atomic E-state index is 6.54. The molecule has 0 heterocycles. The summed E-state index contributed by atoms with van der Waals surface area (Å²) >= 11 is 0. The largest absolute Gasteiger partial charge is 0.808 e. The summed E-state index contributed by atoms with van der Waals surface area (Å²) in [4.78, 5) is 0. The van der Waals surface area contributed by atoms with Crippen molar-refractivity contribution in [2.45, 2.75) is 126 Å². The Morgan fingerprint density at radius 3 is 1.05 bits per heavy atom. The molecular weight excluding hydrogens is 1010 g/mol. The van der Waals surface area contributed by atoms with Crippen molar-refractivity contribution in [3.05, 3.63) is 0 Å². The van der Waals surface area contributed by atoms with Crippen molar-refractivity contribution in [2.24, 2.45) is 11.8 Å². The van der Waals surface area contributed by atoms with Crippen molar-refractivity contribution >= 4 is 143 Å². The molecule has 0 N–H and O–H groups in total. The van der Waals surface area contributed by atoms with Crippen molar-refractivity contribution in [3.63, 3.8) is 0 Å². The minimum atomic E-state index is -2.99. The lowest BCUT2D eigenvalue weighted by molar-refractivity contribution is 0.0958. The van der Waals surface area contributed by atoms with E-state index in [1.807, 2.05) is 83.4 Å². The summed E-state index contributed by atoms with van der Waals surface area (Å²) in [7, 11) is 8.07. The van der Waals surface area contributed by atoms with Crippen LogP contribution in [0.5, 0.6) is 0 Å². The molecule has 9 nitrogen and oxygen atoms in total. The van der Waals surface area contributed by atoms with Gasteiger partial charge in [0.25, 0.3) is 0 Å². The molecule has 0 spiro atoms. The van der Waals surface area contributed by atoms with Crippen LogP contribution < -0.4 is 0 Å². The summed E-state index contributed by atoms with van der Waals surface area (Å²) < 4.78 is 58.6. The fourth-order valence-electron chi connectivity index (χ4n) is 5.51. The van der Waals surface area contributed by atoms with Gasteiger partial charge in [-0.15, -0.1) is 0 Å². The van der Waals surface area contributed by atoms with Gasteiger partial charge in [0, 0.05) is 82.0 Å². The first-order valence-electron chi connectivity index (χ1n) is 20.4. The lowest BCUT2D eigenvalue weighted by atomic mass is 9.80. The van der Waals surface area contributed by atoms with Gasteiger partial charge in [-0.1, -0.05) is 34.6 Å². The maximum Gasteiger partial charge on any atom is 0.808 e. The van der Waals surface area contributed by atoms with E-state index in [4.69, 9.17) is 39.8 Å². The smallest absolute Gasteiger partial charge is 0.331 e. The van der Waals surface area contributed by atoms with E-state index in [9.17, 15) is 0 Å². The van der Waals surface area contributed by atoms with Gasteiger partial charge in [0.2, 0.25) is 0 Å². The van der Waals surface area contributed by atoms with E-state index >= 15 is 0 Å². The van der Waals surface area contributed by atoms with E-state index in [-0.39, 0.29) is 29.3 Å². The molecule has 0 aromatic rings. The van der Waals surface area contributed by atoms with Crippen molar-refractivity contribution in [3.8, 4) is 0 Å². The van der Waals surface area contributed by atoms with Gasteiger partial charge >= 0.3 is 23.9 Å². The van der Waals surface area contributed by atoms with Crippen LogP contribution >= 0.6 is 94.2 Å². The first-order chi connectivity index (χ1) is 27.4. The molecule has 5 unspecified atom stereocenters. The maximum atomic E-state index is 6.54. The molecule has 0 aromatic heterocycles. The summed E-state index contributed by atoms with van der Waals surface area (Å²) in [5, 5.41) is 0.488. The Hall–Kier alpha value is 4.49. The molecule has 24 heteroatoms. The minimum Gasteiger partial charge on any atom is -0.331 e. The molecule has 0 aromatic carbocycles. The predicted molar refractivity (Wildman–Crippen MR) is 283 cm³/mol. The molecule has 1 fully saturated rings. The standard InChI is InChI=1S/C33H75O9S12Si3/c1-15-34-55(35-16-2,36-17-3)52(43-24-10)49-46-32-27-28-33(29-31(32)30(13)14,47-50-53(44-25-11)56(37-18-4,38-19-5)39-20-6)48-51-54(45-26-12)57(40-21-7,41-22-8)42-23-9/h30-32H,15-29H2,1-14H3/q+3. The molecule has 1 aliphatic rings. The third-order valence-corrected chi connectivity index (χ3v) is 67.2. The highest BCUT2D eigenvalue weighted by atomic mass is 33.8. The van der Waals surface area contributed by atoms with Crippen LogP contribution in [0, 0.1) is 11.8 Å². The lowest BCUT2D eigenvalue weighted by Crippen LogP contribution is -2.51. The molecular formula is C33H75O9S12Si3+3. The molecule has 342 valence electrons. The number of hydrogen-bond acceptors (Lipinski definition) is 18. The Balaban J connectivity index is 3.71. The van der Waals surface area contributed by atoms with E-state index in [0.717, 1.165) is 36.5 Å². The normalized spacial score (nSPS) is 21.3. The molecule has 1 saturated carbocycles. The Morgan fingerprint density at radius 1 is 0.491 bits per heavy atom. The van der Waals surface area contributed by atoms with Crippen molar-refractivity contribution in [2.75, 3.05) is 76.7 Å². The first-order valence-corrected chi connectivity index (χ1v) is 44.0. The van der Waals surface area contributed by atoms with Gasteiger partial charge in [-0.2, -0.15) is 0 Å². The molecule has 0 radical (unpaired) electrons. The lowest BCUT2D eigenvalue weighted by Gasteiger charge is -2.43. The second-order valence-electron chi connectivity index (χ2n) is 11.9. The predicted octanol–water partition coefficient (Wildman–Crippen LogP) is 12.9. The Morgan fingerprint density at radius 2 is 0.789 bits per heavy atom. The molecule has 0 saturated heterocycles. The van der Waals surface area contributed by atoms with Crippen LogP contribution in [0.2, 0.25) is 0 Å². The van der Waals surface area contributed by atoms with Crippen LogP contribution in [0.1, 0.15) is 116 Å². The fraction of sp³-hybridized carbons (Fsp3) is 1.00. The highest BCUT2D eigenvalue weighted by molar-refractivity contribution is 9.32. The molecule has 1 aliphatic carbocycles. The zero-order chi connectivity index (χ0) is 42.8. The van der Waals surface area contributed by atoms with Crippen molar-refractivity contribution in [1.82, 2.24) is 0 Å². The molecule has 5 atom stereocenters. The first kappa shape index (κ1) is 59.5. The van der Waals surface area contributed by atoms with E-state index in [2.05, 4.69) is 108 Å². The third kappa shape index (κ3) is 19.3. The summed E-state index contributed by atoms with van der Waals surface area (Å²) in [6.45, 7) is 35.2. The van der Waals surface area contributed by atoms with Gasteiger partial charge in [0.15, 0.2) is 54.7 Å². The van der Waals surface area contributed by atoms with Gasteiger partial charge in [0.05, 0.1) is 36.5 Å². The van der Waals surface area contributed by atoms with Gasteiger partial charge < -0.3 is 39.8 Å². The highest BCUT2D eigenvalue weighted by Gasteiger charge is 2.69. The molecule has 1 rings (SSSR count). The average Bonchev–Trinajstić information content (AvgIpc) is 3.17. The zero-order valence-corrected chi connectivity index (χ0v) is 49.7. The van der Waals surface area contributed by atoms with Crippen molar-refractivity contribution in [1.29, 1.82) is 0 Å². The zero-order valence-electron chi connectivity index (χ0n) is 36.9. The number of rotatable bonds is 37. The fourth-order valence-corrected chi connectivity index (χ4v) is 70.8. The number of hydrogen-bond donors (Lipinski definition) is 0. The Bertz CT molecular complexity index is 923. The second kappa shape index (κ2) is 33.9. The molecule has 0 bridgehead atoms. The van der Waals surface area contributed by atoms with E-state index in [0.29, 0.717) is 76.5 Å². The quantitative estimate of drug-likeness (QED) is 0.0256. The van der Waals surface area contributed by atoms with Crippen LogP contribution in [-0.2, 0) is 65.1 Å². The van der Waals surface area contributed by atoms with Crippen molar-refractivity contribution < 1.29 is 39.8 Å². The molecule has 57 heavy (non-hydrogen) atoms. The Labute approximate surface area is 393 Å². The van der Waals surface area contributed by atoms with Gasteiger partial charge in [-0.3, -0.25) is 0 Å². The van der Waals surface area contributed by atoms with Gasteiger partial charge in [-0.25, -0.2) is 0 Å². The van der Waals surface area contributed by atoms with Crippen LogP contribution in [0.25, 0.3) is 0 Å². The van der Waals surface area contributed by atoms with E-state index in [1.165, 1.54) is 0 Å². The summed E-state index contributed by atoms with van der Waals surface area (Å²) in [5.41, 5.74) is 0. The van der Waals surface area contributed by atoms with Crippen LogP contribution in [0.15, 0.2) is 0 Å². The SMILES string of the molecule is CCO[Si](OCC)(OCC)[S+](SCC)SSC1CCC(SS[S+](SCC)[Si](OCC)(OCC)OCC)(SS[S+](SCC)[Si](OCC)(OCC)OCC)CC1C(C)C. The average molecular weight is 1090 g/mol. The minimum absolute atomic E-state index is 0.0823. The molecule has 0 amide bonds. The summed E-state index contributed by atoms with van der Waals surface area (Å²) in [6, 6.07) is 0. The molecule has 0 aliphatic heterocycles. The van der Waals surface area contributed by atoms with Crippen LogP contribution in [0.4, 0.5) is 0 Å². The monoisotopic (exact) mass is 1080 g/mol. The second-order valence-corrected chi connectivity index (χ2v) is 54.7. The third-order valence-electron chi connectivity index (χ3n) is 7.59. The van der Waals surface area contributed by atoms with E-state index in [1.54, 1.807) is 0 Å². The Kier molecular flexibility index (Phi) is 35.4. The summed E-state index contributed by atoms with van der Waals surface area (Å²) in [6.07, 6.45) is 3.27. The van der Waals surface area contributed by atoms with Crippen LogP contribution in [-0.4, -0.2) is 110 Å². The summed E-state index contributed by atoms with van der Waals surface area (Å²) in [5.74, 6) is 3.93. The van der Waals surface area contributed by atoms with Crippen LogP contribution in [0.3, 0.4) is 0 Å². The highest BCUT2D eigenvalue weighted by Crippen LogP contribution is 2.66. The van der Waals surface area contributed by atoms with E-state index < -0.39 is 23.9 Å². The van der Waals surface area contributed by atoms with Gasteiger partial charge in [0.1, 0.15) is 0 Å².